The van der Waals surface area contributed by atoms with Crippen LogP contribution in [0.4, 0.5) is 0 Å². The van der Waals surface area contributed by atoms with Gasteiger partial charge in [0.05, 0.1) is 25.4 Å². The first-order valence-corrected chi connectivity index (χ1v) is 21.9. The van der Waals surface area contributed by atoms with Crippen LogP contribution in [0.2, 0.25) is 0 Å². The third-order valence-corrected chi connectivity index (χ3v) is 10.1. The summed E-state index contributed by atoms with van der Waals surface area (Å²) in [4.78, 5) is 12.9. The van der Waals surface area contributed by atoms with Gasteiger partial charge in [-0.1, -0.05) is 159 Å². The fourth-order valence-electron chi connectivity index (χ4n) is 6.57. The zero-order chi connectivity index (χ0) is 39.5. The van der Waals surface area contributed by atoms with E-state index >= 15 is 0 Å². The summed E-state index contributed by atoms with van der Waals surface area (Å²) in [6.07, 6.45) is 37.4. The Balaban J connectivity index is 2.28. The molecule has 1 saturated heterocycles. The second-order valence-electron chi connectivity index (χ2n) is 15.1. The Labute approximate surface area is 329 Å². The lowest BCUT2D eigenvalue weighted by atomic mass is 9.99. The van der Waals surface area contributed by atoms with Crippen LogP contribution in [-0.4, -0.2) is 87.5 Å². The van der Waals surface area contributed by atoms with Gasteiger partial charge in [0.1, 0.15) is 24.4 Å². The Morgan fingerprint density at radius 3 is 1.61 bits per heavy atom. The Kier molecular flexibility index (Phi) is 33.0. The number of rotatable bonds is 35. The van der Waals surface area contributed by atoms with Gasteiger partial charge in [-0.15, -0.1) is 0 Å². The summed E-state index contributed by atoms with van der Waals surface area (Å²) in [7, 11) is 0. The second kappa shape index (κ2) is 35.6. The zero-order valence-corrected chi connectivity index (χ0v) is 34.2. The first kappa shape index (κ1) is 50.2. The van der Waals surface area contributed by atoms with Crippen molar-refractivity contribution in [2.45, 2.75) is 217 Å². The van der Waals surface area contributed by atoms with Crippen molar-refractivity contribution in [2.24, 2.45) is 0 Å². The predicted octanol–water partition coefficient (Wildman–Crippen LogP) is 8.67. The number of carbonyl (C=O) groups is 1. The Morgan fingerprint density at radius 2 is 1.09 bits per heavy atom. The fourth-order valence-corrected chi connectivity index (χ4v) is 6.57. The van der Waals surface area contributed by atoms with Crippen LogP contribution in [-0.2, 0) is 14.3 Å². The van der Waals surface area contributed by atoms with E-state index in [2.05, 4.69) is 55.6 Å². The molecule has 0 saturated carbocycles. The molecule has 0 aromatic heterocycles. The number of nitrogens with one attached hydrogen (secondary N) is 1. The molecule has 1 rings (SSSR count). The van der Waals surface area contributed by atoms with E-state index in [4.69, 9.17) is 9.47 Å². The largest absolute Gasteiger partial charge is 0.394 e. The zero-order valence-electron chi connectivity index (χ0n) is 34.2. The van der Waals surface area contributed by atoms with Crippen LogP contribution in [0.25, 0.3) is 0 Å². The van der Waals surface area contributed by atoms with E-state index in [0.717, 1.165) is 64.2 Å². The van der Waals surface area contributed by atoms with Gasteiger partial charge in [0, 0.05) is 6.42 Å². The van der Waals surface area contributed by atoms with Crippen molar-refractivity contribution in [3.05, 3.63) is 48.6 Å². The molecule has 54 heavy (non-hydrogen) atoms. The van der Waals surface area contributed by atoms with Crippen molar-refractivity contribution in [1.82, 2.24) is 5.32 Å². The highest BCUT2D eigenvalue weighted by Crippen LogP contribution is 2.22. The van der Waals surface area contributed by atoms with Crippen molar-refractivity contribution in [3.63, 3.8) is 0 Å². The molecule has 0 aromatic carbocycles. The van der Waals surface area contributed by atoms with E-state index in [0.29, 0.717) is 6.42 Å². The van der Waals surface area contributed by atoms with E-state index in [1.165, 1.54) is 89.9 Å². The monoisotopic (exact) mass is 764 g/mol. The minimum Gasteiger partial charge on any atom is -0.394 e. The van der Waals surface area contributed by atoms with Gasteiger partial charge in [0.15, 0.2) is 6.29 Å². The molecular weight excluding hydrogens is 682 g/mol. The maximum absolute atomic E-state index is 12.9. The summed E-state index contributed by atoms with van der Waals surface area (Å²) < 4.78 is 11.1. The number of aliphatic hydroxyl groups is 5. The maximum Gasteiger partial charge on any atom is 0.220 e. The third kappa shape index (κ3) is 26.1. The van der Waals surface area contributed by atoms with Crippen molar-refractivity contribution in [3.8, 4) is 0 Å². The first-order valence-electron chi connectivity index (χ1n) is 21.9. The van der Waals surface area contributed by atoms with Gasteiger partial charge >= 0.3 is 0 Å². The molecule has 9 heteroatoms. The predicted molar refractivity (Wildman–Crippen MR) is 221 cm³/mol. The quantitative estimate of drug-likeness (QED) is 0.0278. The van der Waals surface area contributed by atoms with Crippen molar-refractivity contribution >= 4 is 5.91 Å². The Bertz CT molecular complexity index is 983. The molecule has 314 valence electrons. The van der Waals surface area contributed by atoms with Gasteiger partial charge in [-0.3, -0.25) is 4.79 Å². The van der Waals surface area contributed by atoms with Gasteiger partial charge in [-0.25, -0.2) is 0 Å². The van der Waals surface area contributed by atoms with Crippen LogP contribution in [0.15, 0.2) is 48.6 Å². The van der Waals surface area contributed by atoms with Gasteiger partial charge < -0.3 is 40.3 Å². The van der Waals surface area contributed by atoms with Crippen molar-refractivity contribution in [1.29, 1.82) is 0 Å². The molecule has 1 heterocycles. The smallest absolute Gasteiger partial charge is 0.220 e. The van der Waals surface area contributed by atoms with Crippen LogP contribution >= 0.6 is 0 Å². The molecular formula is C45H81NO8. The summed E-state index contributed by atoms with van der Waals surface area (Å²) in [5, 5.41) is 53.9. The number of carbonyl (C=O) groups excluding carboxylic acids is 1. The van der Waals surface area contributed by atoms with Crippen LogP contribution in [0, 0.1) is 0 Å². The Morgan fingerprint density at radius 1 is 0.630 bits per heavy atom. The van der Waals surface area contributed by atoms with Gasteiger partial charge in [-0.2, -0.15) is 0 Å². The highest BCUT2D eigenvalue weighted by molar-refractivity contribution is 5.76. The van der Waals surface area contributed by atoms with Crippen molar-refractivity contribution < 1.29 is 39.8 Å². The van der Waals surface area contributed by atoms with Crippen LogP contribution < -0.4 is 5.32 Å². The lowest BCUT2D eigenvalue weighted by Crippen LogP contribution is -2.60. The molecule has 0 spiro atoms. The van der Waals surface area contributed by atoms with Gasteiger partial charge in [0.2, 0.25) is 5.91 Å². The van der Waals surface area contributed by atoms with Crippen LogP contribution in [0.3, 0.4) is 0 Å². The number of amides is 1. The molecule has 1 aliphatic heterocycles. The molecule has 0 radical (unpaired) electrons. The molecule has 1 amide bonds. The van der Waals surface area contributed by atoms with E-state index in [1.807, 2.05) is 6.08 Å². The topological polar surface area (TPSA) is 149 Å². The van der Waals surface area contributed by atoms with E-state index in [9.17, 15) is 30.3 Å². The highest BCUT2D eigenvalue weighted by Gasteiger charge is 2.44. The summed E-state index contributed by atoms with van der Waals surface area (Å²) >= 11 is 0. The number of hydrogen-bond acceptors (Lipinski definition) is 8. The van der Waals surface area contributed by atoms with E-state index < -0.39 is 49.5 Å². The summed E-state index contributed by atoms with van der Waals surface area (Å²) in [5.74, 6) is -0.190. The molecule has 6 N–H and O–H groups in total. The number of unbranched alkanes of at least 4 members (excludes halogenated alkanes) is 19. The number of ether oxygens (including phenoxy) is 2. The summed E-state index contributed by atoms with van der Waals surface area (Å²) in [6.45, 7) is 3.69. The maximum atomic E-state index is 12.9. The number of allylic oxidation sites excluding steroid dienone is 7. The minimum absolute atomic E-state index is 0.190. The third-order valence-electron chi connectivity index (χ3n) is 10.1. The van der Waals surface area contributed by atoms with Crippen LogP contribution in [0.1, 0.15) is 174 Å². The molecule has 7 unspecified atom stereocenters. The fraction of sp³-hybridized carbons (Fsp3) is 0.800. The van der Waals surface area contributed by atoms with E-state index in [1.54, 1.807) is 6.08 Å². The number of hydrogen-bond donors (Lipinski definition) is 6. The lowest BCUT2D eigenvalue weighted by molar-refractivity contribution is -0.302. The molecule has 0 aliphatic carbocycles. The average molecular weight is 764 g/mol. The molecule has 9 nitrogen and oxygen atoms in total. The highest BCUT2D eigenvalue weighted by atomic mass is 16.7. The molecule has 0 bridgehead atoms. The second-order valence-corrected chi connectivity index (χ2v) is 15.1. The minimum atomic E-state index is -1.57. The SMILES string of the molecule is CCCCCCC/C=C\C/C=C\C/C=C\CCCCCCCCCCC(=O)NC(COC1OC(CO)C(O)C(O)C1O)C(O)/C=C/CCCCCCCC. The van der Waals surface area contributed by atoms with Gasteiger partial charge in [-0.05, 0) is 57.8 Å². The normalized spacial score (nSPS) is 21.9. The molecule has 1 fully saturated rings. The van der Waals surface area contributed by atoms with Crippen molar-refractivity contribution in [2.75, 3.05) is 13.2 Å². The molecule has 0 aromatic rings. The number of aliphatic hydroxyl groups excluding tert-OH is 5. The summed E-state index contributed by atoms with van der Waals surface area (Å²) in [5.41, 5.74) is 0. The van der Waals surface area contributed by atoms with Crippen LogP contribution in [0.5, 0.6) is 0 Å². The first-order chi connectivity index (χ1) is 26.3. The molecule has 1 aliphatic rings. The molecule has 7 atom stereocenters. The van der Waals surface area contributed by atoms with Gasteiger partial charge in [0.25, 0.3) is 0 Å². The summed E-state index contributed by atoms with van der Waals surface area (Å²) in [6, 6.07) is -0.807. The standard InChI is InChI=1S/C45H81NO8/c1-3-5-7-9-11-13-14-15-16-17-18-19-20-21-22-23-24-25-26-27-29-31-33-35-41(49)46-38(39(48)34-32-30-28-12-10-8-6-4-2)37-53-45-44(52)43(51)42(50)40(36-47)54-45/h14-15,17-18,20-21,32,34,38-40,42-45,47-48,50-52H,3-13,16,19,22-31,33,35-37H2,1-2H3,(H,46,49)/b15-14-,18-17-,21-20-,34-32+. The average Bonchev–Trinajstić information content (AvgIpc) is 3.17. The van der Waals surface area contributed by atoms with E-state index in [-0.39, 0.29) is 12.5 Å². The Hall–Kier alpha value is -1.85. The lowest BCUT2D eigenvalue weighted by Gasteiger charge is -2.40.